The molecule has 0 spiro atoms. The maximum atomic E-state index is 13.0. The van der Waals surface area contributed by atoms with Gasteiger partial charge in [-0.3, -0.25) is 9.36 Å². The first-order valence-electron chi connectivity index (χ1n) is 29.3. The fraction of sp³-hybridized carbons (Fsp3) is 0.698. The van der Waals surface area contributed by atoms with E-state index in [0.29, 0.717) is 30.3 Å². The quantitative estimate of drug-likeness (QED) is 0.0240. The van der Waals surface area contributed by atoms with Gasteiger partial charge in [0.1, 0.15) is 19.3 Å². The third-order valence-electron chi connectivity index (χ3n) is 12.6. The van der Waals surface area contributed by atoms with Gasteiger partial charge in [0.2, 0.25) is 5.91 Å². The van der Waals surface area contributed by atoms with Crippen LogP contribution in [0.5, 0.6) is 0 Å². The highest BCUT2D eigenvalue weighted by atomic mass is 31.2. The Morgan fingerprint density at radius 1 is 0.507 bits per heavy atom. The maximum Gasteiger partial charge on any atom is 0.268 e. The highest BCUT2D eigenvalue weighted by Gasteiger charge is 2.29. The van der Waals surface area contributed by atoms with Crippen LogP contribution in [0.3, 0.4) is 0 Å². The van der Waals surface area contributed by atoms with Gasteiger partial charge in [0.15, 0.2) is 0 Å². The van der Waals surface area contributed by atoms with Crippen LogP contribution in [0.25, 0.3) is 0 Å². The molecule has 0 saturated heterocycles. The normalized spacial score (nSPS) is 15.1. The van der Waals surface area contributed by atoms with E-state index in [0.717, 1.165) is 89.9 Å². The highest BCUT2D eigenvalue weighted by Crippen LogP contribution is 2.38. The molecule has 0 aromatic rings. The van der Waals surface area contributed by atoms with Gasteiger partial charge in [0, 0.05) is 6.42 Å². The largest absolute Gasteiger partial charge is 0.756 e. The van der Waals surface area contributed by atoms with E-state index >= 15 is 0 Å². The molecule has 0 aliphatic carbocycles. The van der Waals surface area contributed by atoms with E-state index < -0.39 is 32.7 Å². The van der Waals surface area contributed by atoms with Gasteiger partial charge in [0.25, 0.3) is 7.82 Å². The van der Waals surface area contributed by atoms with E-state index in [2.05, 4.69) is 129 Å². The van der Waals surface area contributed by atoms with E-state index in [1.54, 1.807) is 0 Å². The van der Waals surface area contributed by atoms with Crippen molar-refractivity contribution in [2.24, 2.45) is 0 Å². The minimum absolute atomic E-state index is 0.0527. The number of hydrogen-bond acceptors (Lipinski definition) is 7. The summed E-state index contributed by atoms with van der Waals surface area (Å²) >= 11 is 0. The molecule has 3 N–H and O–H groups in total. The van der Waals surface area contributed by atoms with Crippen molar-refractivity contribution in [2.75, 3.05) is 40.9 Å². The summed E-state index contributed by atoms with van der Waals surface area (Å²) in [5.41, 5.74) is 0. The molecule has 0 aliphatic rings. The van der Waals surface area contributed by atoms with E-state index in [1.165, 1.54) is 96.3 Å². The monoisotopic (exact) mass is 1040 g/mol. The Morgan fingerprint density at radius 3 is 1.32 bits per heavy atom. The number of phosphoric ester groups is 1. The van der Waals surface area contributed by atoms with Gasteiger partial charge in [-0.15, -0.1) is 0 Å². The van der Waals surface area contributed by atoms with E-state index in [9.17, 15) is 24.5 Å². The number of aliphatic hydroxyl groups is 2. The standard InChI is InChI=1S/C63H111N2O7P/c1-6-8-10-12-14-16-18-20-21-22-23-24-25-26-27-28-29-30-31-32-33-34-35-36-37-38-39-40-41-42-43-44-46-48-50-52-54-56-62(67)64-60(59-72-73(69,70)71-58-57-65(3,4)5)63(68)61(66)55-53-51-49-47-45-19-17-15-13-11-9-7-2/h8,10,14-17,20-21,23-24,26-27,29-30,32-33,47,49,60-61,63,66,68H,6-7,9,11-13,18-19,22,25,28,31,34-46,48,50-59H2,1-5H3,(H-,64,67,69,70)/b10-8-,16-14-,17-15+,21-20-,24-23-,27-26-,30-29-,33-32-,49-47+. The van der Waals surface area contributed by atoms with Gasteiger partial charge < -0.3 is 34.0 Å². The number of amides is 1. The summed E-state index contributed by atoms with van der Waals surface area (Å²) in [6.45, 7) is 4.25. The minimum Gasteiger partial charge on any atom is -0.756 e. The fourth-order valence-corrected chi connectivity index (χ4v) is 8.68. The molecular formula is C63H111N2O7P. The van der Waals surface area contributed by atoms with Crippen LogP contribution in [0, 0.1) is 0 Å². The number of hydrogen-bond donors (Lipinski definition) is 3. The maximum absolute atomic E-state index is 13.0. The molecular weight excluding hydrogens is 928 g/mol. The van der Waals surface area contributed by atoms with Crippen molar-refractivity contribution in [1.82, 2.24) is 5.32 Å². The Kier molecular flexibility index (Phi) is 50.5. The molecule has 4 unspecified atom stereocenters. The van der Waals surface area contributed by atoms with Gasteiger partial charge in [-0.1, -0.05) is 220 Å². The van der Waals surface area contributed by atoms with Crippen LogP contribution in [-0.2, 0) is 18.4 Å². The van der Waals surface area contributed by atoms with Gasteiger partial charge in [-0.2, -0.15) is 0 Å². The number of phosphoric acid groups is 1. The van der Waals surface area contributed by atoms with Crippen LogP contribution in [0.1, 0.15) is 226 Å². The summed E-state index contributed by atoms with van der Waals surface area (Å²) < 4.78 is 23.2. The Labute approximate surface area is 449 Å². The summed E-state index contributed by atoms with van der Waals surface area (Å²) in [7, 11) is 1.09. The lowest BCUT2D eigenvalue weighted by Gasteiger charge is -2.31. The number of allylic oxidation sites excluding steroid dienone is 18. The molecule has 1 amide bonds. The first-order chi connectivity index (χ1) is 35.4. The van der Waals surface area contributed by atoms with Crippen molar-refractivity contribution in [3.63, 3.8) is 0 Å². The first-order valence-corrected chi connectivity index (χ1v) is 30.8. The van der Waals surface area contributed by atoms with Crippen molar-refractivity contribution in [1.29, 1.82) is 0 Å². The number of carbonyl (C=O) groups excluding carboxylic acids is 1. The predicted octanol–water partition coefficient (Wildman–Crippen LogP) is 16.3. The van der Waals surface area contributed by atoms with Crippen LogP contribution in [0.15, 0.2) is 109 Å². The number of aliphatic hydroxyl groups excluding tert-OH is 2. The smallest absolute Gasteiger partial charge is 0.268 e. The lowest BCUT2D eigenvalue weighted by molar-refractivity contribution is -0.870. The molecule has 0 aromatic heterocycles. The molecule has 9 nitrogen and oxygen atoms in total. The zero-order chi connectivity index (χ0) is 53.6. The van der Waals surface area contributed by atoms with Crippen LogP contribution in [0.2, 0.25) is 0 Å². The number of nitrogens with one attached hydrogen (secondary N) is 1. The lowest BCUT2D eigenvalue weighted by Crippen LogP contribution is -2.51. The number of unbranched alkanes of at least 4 members (excludes halogenated alkanes) is 20. The predicted molar refractivity (Wildman–Crippen MR) is 312 cm³/mol. The van der Waals surface area contributed by atoms with Gasteiger partial charge in [0.05, 0.1) is 39.9 Å². The second-order valence-corrected chi connectivity index (χ2v) is 22.1. The van der Waals surface area contributed by atoms with Crippen molar-refractivity contribution < 1.29 is 38.0 Å². The average Bonchev–Trinajstić information content (AvgIpc) is 3.35. The highest BCUT2D eigenvalue weighted by molar-refractivity contribution is 7.45. The number of likely N-dealkylation sites (N-methyl/N-ethyl adjacent to an activating group) is 1. The third-order valence-corrected chi connectivity index (χ3v) is 13.5. The Morgan fingerprint density at radius 2 is 0.877 bits per heavy atom. The third kappa shape index (κ3) is 53.7. The topological polar surface area (TPSA) is 128 Å². The molecule has 73 heavy (non-hydrogen) atoms. The number of carbonyl (C=O) groups is 1. The first kappa shape index (κ1) is 70.1. The minimum atomic E-state index is -4.69. The molecule has 0 fully saturated rings. The van der Waals surface area contributed by atoms with Crippen LogP contribution in [0.4, 0.5) is 0 Å². The van der Waals surface area contributed by atoms with Crippen molar-refractivity contribution in [3.05, 3.63) is 109 Å². The molecule has 0 aliphatic heterocycles. The number of nitrogens with zero attached hydrogens (tertiary/aromatic N) is 1. The summed E-state index contributed by atoms with van der Waals surface area (Å²) in [4.78, 5) is 25.5. The SMILES string of the molecule is CC/C=C\C/C=C\C/C=C\C/C=C\C/C=C\C/C=C\C/C=C\CCCCCCCCCCCCCCCCCC(=O)NC(COP(=O)([O-])OCC[N+](C)(C)C)C(O)C(O)CCC/C=C/CC/C=C/CCCCC. The summed E-state index contributed by atoms with van der Waals surface area (Å²) in [6, 6.07) is -1.10. The molecule has 0 aromatic carbocycles. The Balaban J connectivity index is 4.11. The van der Waals surface area contributed by atoms with E-state index in [-0.39, 0.29) is 18.9 Å². The molecule has 0 heterocycles. The molecule has 420 valence electrons. The van der Waals surface area contributed by atoms with Crippen LogP contribution < -0.4 is 10.2 Å². The summed E-state index contributed by atoms with van der Waals surface area (Å²) in [5.74, 6) is -0.297. The lowest BCUT2D eigenvalue weighted by atomic mass is 10.0. The van der Waals surface area contributed by atoms with E-state index in [4.69, 9.17) is 9.05 Å². The Bertz CT molecular complexity index is 1570. The molecule has 0 rings (SSSR count). The van der Waals surface area contributed by atoms with Gasteiger partial charge in [-0.05, 0) is 109 Å². The number of rotatable bonds is 52. The zero-order valence-corrected chi connectivity index (χ0v) is 48.3. The average molecular weight is 1040 g/mol. The molecule has 0 saturated carbocycles. The number of quaternary nitrogens is 1. The van der Waals surface area contributed by atoms with Crippen molar-refractivity contribution in [3.8, 4) is 0 Å². The van der Waals surface area contributed by atoms with Gasteiger partial charge in [-0.25, -0.2) is 0 Å². The van der Waals surface area contributed by atoms with Gasteiger partial charge >= 0.3 is 0 Å². The van der Waals surface area contributed by atoms with Crippen LogP contribution in [-0.4, -0.2) is 79.8 Å². The summed E-state index contributed by atoms with van der Waals surface area (Å²) in [5, 5.41) is 24.7. The molecule has 4 atom stereocenters. The van der Waals surface area contributed by atoms with Crippen molar-refractivity contribution in [2.45, 2.75) is 244 Å². The zero-order valence-electron chi connectivity index (χ0n) is 47.4. The molecule has 0 bridgehead atoms. The molecule has 0 radical (unpaired) electrons. The van der Waals surface area contributed by atoms with E-state index in [1.807, 2.05) is 21.1 Å². The fourth-order valence-electron chi connectivity index (χ4n) is 7.96. The molecule has 10 heteroatoms. The van der Waals surface area contributed by atoms with Crippen molar-refractivity contribution >= 4 is 13.7 Å². The van der Waals surface area contributed by atoms with Crippen LogP contribution >= 0.6 is 7.82 Å². The second kappa shape index (κ2) is 52.6. The summed E-state index contributed by atoms with van der Waals surface area (Å²) in [6.07, 6.45) is 73.1. The Hall–Kier alpha value is -2.88. The second-order valence-electron chi connectivity index (χ2n) is 20.7.